The molecular weight excluding hydrogens is 442 g/mol. The lowest BCUT2D eigenvalue weighted by molar-refractivity contribution is 0.155. The largest absolute Gasteiger partial charge is 0.481 e. The summed E-state index contributed by atoms with van der Waals surface area (Å²) in [6.45, 7) is 4.91. The molecule has 4 aromatic rings. The van der Waals surface area contributed by atoms with Crippen LogP contribution in [0.25, 0.3) is 11.1 Å². The standard InChI is InChI=1S/C27H33N5O3/c1-5-23(31(15-14-30(2)3)18-21-11-12-24(34-4)28-17-21)25-29-26-22(13-16-35-26)27(33)32(25)19-20-9-7-6-8-10-20/h6-13,16-17,23H,5,14-15,18-19H2,1-4H3. The number of hydrogen-bond donors (Lipinski definition) is 0. The van der Waals surface area contributed by atoms with E-state index < -0.39 is 0 Å². The molecule has 0 aliphatic heterocycles. The molecular formula is C27H33N5O3. The minimum atomic E-state index is -0.0945. The van der Waals surface area contributed by atoms with E-state index in [1.54, 1.807) is 17.7 Å². The Morgan fingerprint density at radius 1 is 1.06 bits per heavy atom. The normalized spacial score (nSPS) is 12.5. The third-order valence-electron chi connectivity index (χ3n) is 6.15. The van der Waals surface area contributed by atoms with E-state index in [-0.39, 0.29) is 11.6 Å². The van der Waals surface area contributed by atoms with Crippen LogP contribution in [0.2, 0.25) is 0 Å². The fourth-order valence-electron chi connectivity index (χ4n) is 4.27. The molecule has 0 aliphatic rings. The molecule has 0 fully saturated rings. The van der Waals surface area contributed by atoms with E-state index in [1.165, 1.54) is 6.26 Å². The first-order valence-electron chi connectivity index (χ1n) is 11.9. The van der Waals surface area contributed by atoms with Gasteiger partial charge < -0.3 is 14.1 Å². The topological polar surface area (TPSA) is 76.6 Å². The summed E-state index contributed by atoms with van der Waals surface area (Å²) in [5, 5.41) is 0.499. The van der Waals surface area contributed by atoms with E-state index in [2.05, 4.69) is 35.8 Å². The van der Waals surface area contributed by atoms with Gasteiger partial charge in [-0.3, -0.25) is 14.3 Å². The summed E-state index contributed by atoms with van der Waals surface area (Å²) in [4.78, 5) is 27.4. The van der Waals surface area contributed by atoms with Crippen molar-refractivity contribution in [3.8, 4) is 5.88 Å². The maximum absolute atomic E-state index is 13.6. The van der Waals surface area contributed by atoms with Gasteiger partial charge in [0.05, 0.1) is 26.0 Å². The van der Waals surface area contributed by atoms with Crippen LogP contribution < -0.4 is 10.3 Å². The third-order valence-corrected chi connectivity index (χ3v) is 6.15. The molecule has 1 atom stereocenters. The molecule has 184 valence electrons. The van der Waals surface area contributed by atoms with Crippen molar-refractivity contribution < 1.29 is 9.15 Å². The summed E-state index contributed by atoms with van der Waals surface area (Å²) >= 11 is 0. The maximum Gasteiger partial charge on any atom is 0.265 e. The molecule has 0 saturated carbocycles. The number of fused-ring (bicyclic) bond motifs is 1. The number of ether oxygens (including phenoxy) is 1. The summed E-state index contributed by atoms with van der Waals surface area (Å²) in [6, 6.07) is 15.5. The Morgan fingerprint density at radius 2 is 1.86 bits per heavy atom. The SMILES string of the molecule is CCC(c1nc2occc2c(=O)n1Cc1ccccc1)N(CCN(C)C)Cc1ccc(OC)nc1. The molecule has 1 unspecified atom stereocenters. The summed E-state index contributed by atoms with van der Waals surface area (Å²) < 4.78 is 12.6. The van der Waals surface area contributed by atoms with E-state index in [9.17, 15) is 4.79 Å². The molecule has 0 saturated heterocycles. The van der Waals surface area contributed by atoms with Gasteiger partial charge in [0.25, 0.3) is 5.56 Å². The van der Waals surface area contributed by atoms with Crippen LogP contribution in [0, 0.1) is 0 Å². The molecule has 3 heterocycles. The lowest BCUT2D eigenvalue weighted by Gasteiger charge is -2.33. The first-order chi connectivity index (χ1) is 17.0. The smallest absolute Gasteiger partial charge is 0.265 e. The number of hydrogen-bond acceptors (Lipinski definition) is 7. The second-order valence-electron chi connectivity index (χ2n) is 8.89. The molecule has 0 N–H and O–H groups in total. The first kappa shape index (κ1) is 24.6. The average Bonchev–Trinajstić information content (AvgIpc) is 3.35. The molecule has 35 heavy (non-hydrogen) atoms. The minimum Gasteiger partial charge on any atom is -0.481 e. The number of nitrogens with zero attached hydrogens (tertiary/aromatic N) is 5. The van der Waals surface area contributed by atoms with Gasteiger partial charge in [0.2, 0.25) is 11.6 Å². The summed E-state index contributed by atoms with van der Waals surface area (Å²) in [6.07, 6.45) is 4.16. The molecule has 0 bridgehead atoms. The van der Waals surface area contributed by atoms with Crippen molar-refractivity contribution in [2.75, 3.05) is 34.3 Å². The predicted molar refractivity (Wildman–Crippen MR) is 137 cm³/mol. The lowest BCUT2D eigenvalue weighted by Crippen LogP contribution is -2.38. The zero-order valence-electron chi connectivity index (χ0n) is 20.8. The summed E-state index contributed by atoms with van der Waals surface area (Å²) in [5.74, 6) is 1.30. The molecule has 0 spiro atoms. The van der Waals surface area contributed by atoms with Gasteiger partial charge in [-0.25, -0.2) is 4.98 Å². The highest BCUT2D eigenvalue weighted by Gasteiger charge is 2.26. The van der Waals surface area contributed by atoms with E-state index in [4.69, 9.17) is 14.1 Å². The number of pyridine rings is 1. The van der Waals surface area contributed by atoms with Crippen LogP contribution in [-0.4, -0.2) is 58.6 Å². The van der Waals surface area contributed by atoms with Crippen molar-refractivity contribution in [1.82, 2.24) is 24.3 Å². The van der Waals surface area contributed by atoms with Crippen molar-refractivity contribution in [3.05, 3.63) is 88.3 Å². The van der Waals surface area contributed by atoms with Crippen LogP contribution >= 0.6 is 0 Å². The van der Waals surface area contributed by atoms with Crippen LogP contribution in [0.4, 0.5) is 0 Å². The zero-order chi connectivity index (χ0) is 24.8. The van der Waals surface area contributed by atoms with Gasteiger partial charge in [0, 0.05) is 31.9 Å². The Balaban J connectivity index is 1.77. The molecule has 4 rings (SSSR count). The molecule has 0 aliphatic carbocycles. The van der Waals surface area contributed by atoms with E-state index in [1.807, 2.05) is 48.7 Å². The molecule has 8 heteroatoms. The average molecular weight is 476 g/mol. The molecule has 8 nitrogen and oxygen atoms in total. The fourth-order valence-corrected chi connectivity index (χ4v) is 4.27. The maximum atomic E-state index is 13.6. The van der Waals surface area contributed by atoms with E-state index >= 15 is 0 Å². The Morgan fingerprint density at radius 3 is 2.51 bits per heavy atom. The van der Waals surface area contributed by atoms with Crippen LogP contribution in [0.5, 0.6) is 5.88 Å². The van der Waals surface area contributed by atoms with Crippen molar-refractivity contribution in [3.63, 3.8) is 0 Å². The Kier molecular flexibility index (Phi) is 7.94. The number of furan rings is 1. The van der Waals surface area contributed by atoms with Gasteiger partial charge in [0.15, 0.2) is 0 Å². The second kappa shape index (κ2) is 11.3. The van der Waals surface area contributed by atoms with Crippen molar-refractivity contribution >= 4 is 11.1 Å². The van der Waals surface area contributed by atoms with Crippen molar-refractivity contribution in [1.29, 1.82) is 0 Å². The zero-order valence-corrected chi connectivity index (χ0v) is 20.8. The molecule has 0 radical (unpaired) electrons. The number of methoxy groups -OCH3 is 1. The lowest BCUT2D eigenvalue weighted by atomic mass is 10.1. The van der Waals surface area contributed by atoms with Gasteiger partial charge in [-0.15, -0.1) is 0 Å². The number of likely N-dealkylation sites (N-methyl/N-ethyl adjacent to an activating group) is 1. The summed E-state index contributed by atoms with van der Waals surface area (Å²) in [5.41, 5.74) is 2.42. The first-order valence-corrected chi connectivity index (χ1v) is 11.9. The molecule has 0 amide bonds. The van der Waals surface area contributed by atoms with Crippen LogP contribution in [0.1, 0.15) is 36.3 Å². The van der Waals surface area contributed by atoms with E-state index in [0.29, 0.717) is 35.9 Å². The number of benzene rings is 1. The van der Waals surface area contributed by atoms with Crippen LogP contribution in [-0.2, 0) is 13.1 Å². The monoisotopic (exact) mass is 475 g/mol. The van der Waals surface area contributed by atoms with Crippen molar-refractivity contribution in [2.45, 2.75) is 32.5 Å². The van der Waals surface area contributed by atoms with Gasteiger partial charge in [-0.1, -0.05) is 43.3 Å². The highest BCUT2D eigenvalue weighted by atomic mass is 16.5. The minimum absolute atomic E-state index is 0.0836. The van der Waals surface area contributed by atoms with E-state index in [0.717, 1.165) is 30.6 Å². The number of rotatable bonds is 11. The Bertz CT molecular complexity index is 1280. The Hall–Kier alpha value is -3.49. The predicted octanol–water partition coefficient (Wildman–Crippen LogP) is 3.96. The van der Waals surface area contributed by atoms with Gasteiger partial charge in [0.1, 0.15) is 11.2 Å². The van der Waals surface area contributed by atoms with Gasteiger partial charge >= 0.3 is 0 Å². The quantitative estimate of drug-likeness (QED) is 0.325. The number of aromatic nitrogens is 3. The van der Waals surface area contributed by atoms with Gasteiger partial charge in [-0.2, -0.15) is 4.98 Å². The Labute approximate surface area is 205 Å². The van der Waals surface area contributed by atoms with Crippen LogP contribution in [0.3, 0.4) is 0 Å². The highest BCUT2D eigenvalue weighted by Crippen LogP contribution is 2.26. The molecule has 1 aromatic carbocycles. The highest BCUT2D eigenvalue weighted by molar-refractivity contribution is 5.71. The van der Waals surface area contributed by atoms with Crippen molar-refractivity contribution in [2.24, 2.45) is 0 Å². The van der Waals surface area contributed by atoms with Gasteiger partial charge in [-0.05, 0) is 37.7 Å². The van der Waals surface area contributed by atoms with Crippen LogP contribution in [0.15, 0.2) is 70.2 Å². The summed E-state index contributed by atoms with van der Waals surface area (Å²) in [7, 11) is 5.74. The second-order valence-corrected chi connectivity index (χ2v) is 8.89. The molecule has 3 aromatic heterocycles. The fraction of sp³-hybridized carbons (Fsp3) is 0.370. The third kappa shape index (κ3) is 5.78.